The first-order valence-corrected chi connectivity index (χ1v) is 9.66. The summed E-state index contributed by atoms with van der Waals surface area (Å²) in [5.74, 6) is -4.21. The molecule has 3 aromatic rings. The van der Waals surface area contributed by atoms with Crippen molar-refractivity contribution in [3.8, 4) is 11.5 Å². The van der Waals surface area contributed by atoms with E-state index in [4.69, 9.17) is 14.9 Å². The van der Waals surface area contributed by atoms with Crippen LogP contribution < -0.4 is 10.6 Å². The third kappa shape index (κ3) is 5.97. The summed E-state index contributed by atoms with van der Waals surface area (Å²) >= 11 is 0. The Labute approximate surface area is 186 Å². The molecule has 0 aliphatic carbocycles. The van der Waals surface area contributed by atoms with Crippen molar-refractivity contribution in [2.75, 3.05) is 10.6 Å². The fraction of sp³-hybridized carbons (Fsp3) is 0.182. The van der Waals surface area contributed by atoms with Crippen molar-refractivity contribution in [2.24, 2.45) is 0 Å². The number of anilines is 2. The summed E-state index contributed by atoms with van der Waals surface area (Å²) in [6.07, 6.45) is -4.93. The maximum atomic E-state index is 13.4. The largest absolute Gasteiger partial charge is 0.477 e. The van der Waals surface area contributed by atoms with E-state index in [0.717, 1.165) is 0 Å². The van der Waals surface area contributed by atoms with Gasteiger partial charge in [-0.15, -0.1) is 0 Å². The lowest BCUT2D eigenvalue weighted by atomic mass is 10.1. The average molecular weight is 460 g/mol. The number of hydrogen-bond acceptors (Lipinski definition) is 6. The lowest BCUT2D eigenvalue weighted by Crippen LogP contribution is -2.23. The summed E-state index contributed by atoms with van der Waals surface area (Å²) in [5.41, 5.74) is -0.245. The minimum atomic E-state index is -4.92. The zero-order chi connectivity index (χ0) is 24.2. The van der Waals surface area contributed by atoms with Crippen LogP contribution in [-0.4, -0.2) is 33.7 Å². The highest BCUT2D eigenvalue weighted by Gasteiger charge is 2.42. The molecule has 2 aromatic carbocycles. The third-order valence-electron chi connectivity index (χ3n) is 4.44. The van der Waals surface area contributed by atoms with E-state index in [1.165, 1.54) is 24.3 Å². The normalized spacial score (nSPS) is 12.1. The molecule has 0 saturated heterocycles. The minimum Gasteiger partial charge on any atom is -0.477 e. The first-order valence-electron chi connectivity index (χ1n) is 9.66. The second kappa shape index (κ2) is 9.55. The second-order valence-electron chi connectivity index (χ2n) is 7.13. The number of amides is 1. The van der Waals surface area contributed by atoms with Gasteiger partial charge >= 0.3 is 12.1 Å². The van der Waals surface area contributed by atoms with Gasteiger partial charge < -0.3 is 20.2 Å². The van der Waals surface area contributed by atoms with E-state index in [9.17, 15) is 22.8 Å². The minimum absolute atomic E-state index is 0.00997. The van der Waals surface area contributed by atoms with Crippen molar-refractivity contribution in [2.45, 2.75) is 25.6 Å². The summed E-state index contributed by atoms with van der Waals surface area (Å²) in [6.45, 7) is 1.70. The quantitative estimate of drug-likeness (QED) is 0.354. The van der Waals surface area contributed by atoms with Crippen molar-refractivity contribution in [1.82, 2.24) is 4.98 Å². The number of nitrogens with one attached hydrogen (secondary N) is 3. The molecule has 1 aromatic heterocycles. The Hall–Kier alpha value is -4.15. The molecule has 0 spiro atoms. The van der Waals surface area contributed by atoms with E-state index in [2.05, 4.69) is 15.6 Å². The van der Waals surface area contributed by atoms with E-state index in [1.807, 2.05) is 0 Å². The van der Waals surface area contributed by atoms with Crippen LogP contribution in [0.2, 0.25) is 0 Å². The molecule has 0 fully saturated rings. The van der Waals surface area contributed by atoms with Gasteiger partial charge in [0.2, 0.25) is 11.7 Å². The van der Waals surface area contributed by atoms with Gasteiger partial charge in [0.15, 0.2) is 5.69 Å². The number of rotatable bonds is 8. The molecule has 33 heavy (non-hydrogen) atoms. The zero-order valence-electron chi connectivity index (χ0n) is 17.2. The summed E-state index contributed by atoms with van der Waals surface area (Å²) in [7, 11) is 0. The Kier molecular flexibility index (Phi) is 6.80. The van der Waals surface area contributed by atoms with Crippen molar-refractivity contribution >= 4 is 29.0 Å². The molecular weight excluding hydrogens is 441 g/mol. The van der Waals surface area contributed by atoms with Gasteiger partial charge in [0.1, 0.15) is 5.71 Å². The number of aromatic nitrogens is 1. The maximum Gasteiger partial charge on any atom is 0.452 e. The molecular formula is C22H19F3N4O4. The Bertz CT molecular complexity index is 1160. The van der Waals surface area contributed by atoms with Gasteiger partial charge in [0, 0.05) is 29.4 Å². The number of carbonyl (C=O) groups is 2. The van der Waals surface area contributed by atoms with E-state index < -0.39 is 35.2 Å². The van der Waals surface area contributed by atoms with Gasteiger partial charge in [-0.05, 0) is 43.3 Å². The number of nitrogens with zero attached hydrogens (tertiary/aromatic N) is 1. The lowest BCUT2D eigenvalue weighted by molar-refractivity contribution is -0.153. The Balaban J connectivity index is 1.74. The van der Waals surface area contributed by atoms with Crippen LogP contribution in [0.3, 0.4) is 0 Å². The smallest absolute Gasteiger partial charge is 0.452 e. The van der Waals surface area contributed by atoms with Gasteiger partial charge in [-0.1, -0.05) is 18.2 Å². The van der Waals surface area contributed by atoms with Crippen LogP contribution in [0.5, 0.6) is 0 Å². The van der Waals surface area contributed by atoms with E-state index in [0.29, 0.717) is 11.3 Å². The molecule has 1 heterocycles. The molecule has 0 aliphatic rings. The van der Waals surface area contributed by atoms with Crippen molar-refractivity contribution in [3.05, 3.63) is 66.1 Å². The van der Waals surface area contributed by atoms with Crippen molar-refractivity contribution in [3.63, 3.8) is 0 Å². The molecule has 0 radical (unpaired) electrons. The predicted molar refractivity (Wildman–Crippen MR) is 114 cm³/mol. The molecule has 0 saturated carbocycles. The molecule has 11 heteroatoms. The highest BCUT2D eigenvalue weighted by atomic mass is 19.4. The van der Waals surface area contributed by atoms with Crippen molar-refractivity contribution < 1.29 is 32.3 Å². The fourth-order valence-electron chi connectivity index (χ4n) is 2.94. The molecule has 0 bridgehead atoms. The number of aliphatic carboxylic acids is 1. The van der Waals surface area contributed by atoms with E-state index in [1.54, 1.807) is 37.3 Å². The molecule has 3 rings (SSSR count). The topological polar surface area (TPSA) is 128 Å². The zero-order valence-corrected chi connectivity index (χ0v) is 17.2. The number of halogens is 3. The number of oxazole rings is 1. The fourth-order valence-corrected chi connectivity index (χ4v) is 2.94. The summed E-state index contributed by atoms with van der Waals surface area (Å²) < 4.78 is 45.1. The first kappa shape index (κ1) is 23.5. The van der Waals surface area contributed by atoms with Crippen LogP contribution in [0.1, 0.15) is 29.6 Å². The average Bonchev–Trinajstić information content (AvgIpc) is 3.22. The summed E-state index contributed by atoms with van der Waals surface area (Å²) in [6, 6.07) is 13.6. The number of hydrogen-bond donors (Lipinski definition) is 4. The standard InChI is InChI=1S/C22H19F3N4O4/c1-12(11-16(26)21(31)32)27-14-7-9-15(10-8-14)28-19(30)17-18(22(23,24)25)33-20(29-17)13-5-3-2-4-6-13/h2-10,12,26-27H,11H2,1H3,(H,28,30)(H,31,32)/t12-/m0/s1. The van der Waals surface area contributed by atoms with E-state index >= 15 is 0 Å². The SMILES string of the molecule is C[C@@H](CC(=N)C(=O)O)Nc1ccc(NC(=O)c2nc(-c3ccccc3)oc2C(F)(F)F)cc1. The number of carboxylic acid groups (broad SMARTS) is 1. The Morgan fingerprint density at radius 1 is 1.09 bits per heavy atom. The monoisotopic (exact) mass is 460 g/mol. The van der Waals surface area contributed by atoms with Gasteiger partial charge in [-0.2, -0.15) is 13.2 Å². The van der Waals surface area contributed by atoms with Crippen molar-refractivity contribution in [1.29, 1.82) is 5.41 Å². The molecule has 8 nitrogen and oxygen atoms in total. The Morgan fingerprint density at radius 2 is 1.70 bits per heavy atom. The molecule has 172 valence electrons. The predicted octanol–water partition coefficient (Wildman–Crippen LogP) is 4.91. The van der Waals surface area contributed by atoms with Crippen LogP contribution in [0.15, 0.2) is 59.0 Å². The highest BCUT2D eigenvalue weighted by Crippen LogP contribution is 2.35. The van der Waals surface area contributed by atoms with Gasteiger partial charge in [0.05, 0.1) is 0 Å². The van der Waals surface area contributed by atoms with Crippen LogP contribution in [0.25, 0.3) is 11.5 Å². The molecule has 0 unspecified atom stereocenters. The Morgan fingerprint density at radius 3 is 2.27 bits per heavy atom. The number of alkyl halides is 3. The maximum absolute atomic E-state index is 13.4. The number of carbonyl (C=O) groups excluding carboxylic acids is 1. The van der Waals surface area contributed by atoms with Gasteiger partial charge in [-0.25, -0.2) is 9.78 Å². The lowest BCUT2D eigenvalue weighted by Gasteiger charge is -2.15. The van der Waals surface area contributed by atoms with Crippen LogP contribution in [0, 0.1) is 5.41 Å². The number of benzene rings is 2. The summed E-state index contributed by atoms with van der Waals surface area (Å²) in [5, 5.41) is 21.5. The first-order chi connectivity index (χ1) is 15.5. The summed E-state index contributed by atoms with van der Waals surface area (Å²) in [4.78, 5) is 27.1. The molecule has 1 amide bonds. The van der Waals surface area contributed by atoms with E-state index in [-0.39, 0.29) is 24.0 Å². The third-order valence-corrected chi connectivity index (χ3v) is 4.44. The molecule has 4 N–H and O–H groups in total. The van der Waals surface area contributed by atoms with Crippen LogP contribution in [0.4, 0.5) is 24.5 Å². The number of carboxylic acids is 1. The van der Waals surface area contributed by atoms with Gasteiger partial charge in [-0.3, -0.25) is 10.2 Å². The van der Waals surface area contributed by atoms with Crippen LogP contribution >= 0.6 is 0 Å². The van der Waals surface area contributed by atoms with Gasteiger partial charge in [0.25, 0.3) is 5.91 Å². The molecule has 0 aliphatic heterocycles. The highest BCUT2D eigenvalue weighted by molar-refractivity contribution is 6.34. The molecule has 1 atom stereocenters. The second-order valence-corrected chi connectivity index (χ2v) is 7.13. The van der Waals surface area contributed by atoms with Crippen LogP contribution in [-0.2, 0) is 11.0 Å².